The van der Waals surface area contributed by atoms with Crippen molar-refractivity contribution in [2.45, 2.75) is 26.6 Å². The molecule has 0 aliphatic heterocycles. The van der Waals surface area contributed by atoms with E-state index in [1.54, 1.807) is 17.5 Å². The van der Waals surface area contributed by atoms with Crippen LogP contribution in [-0.4, -0.2) is 22.1 Å². The summed E-state index contributed by atoms with van der Waals surface area (Å²) in [6, 6.07) is 10.7. The van der Waals surface area contributed by atoms with Crippen LogP contribution in [0, 0.1) is 0 Å². The van der Waals surface area contributed by atoms with Gasteiger partial charge in [0.05, 0.1) is 12.9 Å². The summed E-state index contributed by atoms with van der Waals surface area (Å²) in [6.45, 7) is 5.19. The lowest BCUT2D eigenvalue weighted by Crippen LogP contribution is -2.36. The van der Waals surface area contributed by atoms with E-state index in [0.717, 1.165) is 25.6 Å². The molecule has 5 nitrogen and oxygen atoms in total. The average molecular weight is 353 g/mol. The summed E-state index contributed by atoms with van der Waals surface area (Å²) < 4.78 is 2.07. The fourth-order valence-corrected chi connectivity index (χ4v) is 3.17. The van der Waals surface area contributed by atoms with Gasteiger partial charge in [-0.1, -0.05) is 24.3 Å². The first-order chi connectivity index (χ1) is 12.3. The van der Waals surface area contributed by atoms with Gasteiger partial charge in [-0.05, 0) is 40.4 Å². The van der Waals surface area contributed by atoms with Crippen molar-refractivity contribution in [2.24, 2.45) is 4.99 Å². The van der Waals surface area contributed by atoms with Gasteiger partial charge in [-0.25, -0.2) is 9.98 Å². The van der Waals surface area contributed by atoms with Crippen LogP contribution in [0.15, 0.2) is 64.8 Å². The molecule has 1 aromatic carbocycles. The van der Waals surface area contributed by atoms with Gasteiger partial charge in [0.1, 0.15) is 0 Å². The predicted molar refractivity (Wildman–Crippen MR) is 104 cm³/mol. The number of guanidine groups is 1. The zero-order valence-corrected chi connectivity index (χ0v) is 15.2. The molecule has 3 rings (SSSR count). The zero-order chi connectivity index (χ0) is 17.3. The molecule has 130 valence electrons. The van der Waals surface area contributed by atoms with Gasteiger partial charge in [0.25, 0.3) is 0 Å². The van der Waals surface area contributed by atoms with E-state index in [1.165, 1.54) is 16.7 Å². The van der Waals surface area contributed by atoms with E-state index < -0.39 is 0 Å². The van der Waals surface area contributed by atoms with Crippen molar-refractivity contribution >= 4 is 17.3 Å². The first-order valence-electron chi connectivity index (χ1n) is 8.40. The summed E-state index contributed by atoms with van der Waals surface area (Å²) in [5.41, 5.74) is 3.74. The highest BCUT2D eigenvalue weighted by molar-refractivity contribution is 7.07. The van der Waals surface area contributed by atoms with Crippen molar-refractivity contribution < 1.29 is 0 Å². The van der Waals surface area contributed by atoms with E-state index >= 15 is 0 Å². The highest BCUT2D eigenvalue weighted by Crippen LogP contribution is 2.08. The summed E-state index contributed by atoms with van der Waals surface area (Å²) in [4.78, 5) is 8.73. The molecule has 3 aromatic rings. The number of nitrogens with zero attached hydrogens (tertiary/aromatic N) is 3. The Bertz CT molecular complexity index is 778. The summed E-state index contributed by atoms with van der Waals surface area (Å²) in [5.74, 6) is 0.841. The molecule has 25 heavy (non-hydrogen) atoms. The third kappa shape index (κ3) is 5.46. The van der Waals surface area contributed by atoms with Crippen LogP contribution in [-0.2, 0) is 19.6 Å². The van der Waals surface area contributed by atoms with E-state index in [4.69, 9.17) is 0 Å². The number of imidazole rings is 1. The molecule has 0 amide bonds. The quantitative estimate of drug-likeness (QED) is 0.506. The Morgan fingerprint density at radius 2 is 2.12 bits per heavy atom. The highest BCUT2D eigenvalue weighted by Gasteiger charge is 2.01. The normalized spacial score (nSPS) is 11.5. The molecule has 2 heterocycles. The van der Waals surface area contributed by atoms with Crippen molar-refractivity contribution in [3.63, 3.8) is 0 Å². The number of nitrogens with one attached hydrogen (secondary N) is 2. The van der Waals surface area contributed by atoms with E-state index in [-0.39, 0.29) is 0 Å². The van der Waals surface area contributed by atoms with Crippen molar-refractivity contribution in [1.29, 1.82) is 0 Å². The second-order valence-corrected chi connectivity index (χ2v) is 6.52. The molecule has 0 aliphatic rings. The second-order valence-electron chi connectivity index (χ2n) is 5.74. The number of aromatic nitrogens is 2. The van der Waals surface area contributed by atoms with Crippen LogP contribution in [0.5, 0.6) is 0 Å². The molecule has 0 saturated heterocycles. The molecule has 0 bridgehead atoms. The maximum Gasteiger partial charge on any atom is 0.191 e. The SMILES string of the molecule is CCNC(=NCc1ccsc1)NCc1cccc(Cn2ccnc2)c1. The van der Waals surface area contributed by atoms with E-state index in [0.29, 0.717) is 6.54 Å². The van der Waals surface area contributed by atoms with Crippen LogP contribution in [0.4, 0.5) is 0 Å². The first kappa shape index (κ1) is 17.2. The molecule has 6 heteroatoms. The Hall–Kier alpha value is -2.60. The number of rotatable bonds is 7. The molecule has 0 unspecified atom stereocenters. The number of hydrogen-bond donors (Lipinski definition) is 2. The number of aliphatic imine (C=N–C) groups is 1. The van der Waals surface area contributed by atoms with Gasteiger partial charge >= 0.3 is 0 Å². The van der Waals surface area contributed by atoms with Crippen LogP contribution in [0.1, 0.15) is 23.6 Å². The average Bonchev–Trinajstić information content (AvgIpc) is 3.31. The van der Waals surface area contributed by atoms with E-state index in [9.17, 15) is 0 Å². The molecule has 0 saturated carbocycles. The third-order valence-electron chi connectivity index (χ3n) is 3.72. The second kappa shape index (κ2) is 9.03. The fourth-order valence-electron chi connectivity index (χ4n) is 2.51. The Balaban J connectivity index is 1.59. The summed E-state index contributed by atoms with van der Waals surface area (Å²) in [5, 5.41) is 10.9. The minimum atomic E-state index is 0.694. The van der Waals surface area contributed by atoms with E-state index in [2.05, 4.69) is 73.2 Å². The molecule has 0 radical (unpaired) electrons. The molecule has 2 aromatic heterocycles. The van der Waals surface area contributed by atoms with Crippen LogP contribution >= 0.6 is 11.3 Å². The molecule has 0 atom stereocenters. The number of benzene rings is 1. The van der Waals surface area contributed by atoms with Gasteiger partial charge in [0.15, 0.2) is 5.96 Å². The first-order valence-corrected chi connectivity index (χ1v) is 9.34. The van der Waals surface area contributed by atoms with Gasteiger partial charge in [-0.15, -0.1) is 0 Å². The fraction of sp³-hybridized carbons (Fsp3) is 0.263. The van der Waals surface area contributed by atoms with Gasteiger partial charge in [-0.2, -0.15) is 11.3 Å². The predicted octanol–water partition coefficient (Wildman–Crippen LogP) is 3.25. The minimum absolute atomic E-state index is 0.694. The molecule has 0 fully saturated rings. The summed E-state index contributed by atoms with van der Waals surface area (Å²) >= 11 is 1.70. The maximum absolute atomic E-state index is 4.64. The van der Waals surface area contributed by atoms with Crippen LogP contribution in [0.3, 0.4) is 0 Å². The standard InChI is InChI=1S/C19H23N5S/c1-2-21-19(23-12-18-6-9-25-14-18)22-11-16-4-3-5-17(10-16)13-24-8-7-20-15-24/h3-10,14-15H,2,11-13H2,1H3,(H2,21,22,23). The van der Waals surface area contributed by atoms with Gasteiger partial charge < -0.3 is 15.2 Å². The Morgan fingerprint density at radius 1 is 1.20 bits per heavy atom. The minimum Gasteiger partial charge on any atom is -0.357 e. The van der Waals surface area contributed by atoms with E-state index in [1.807, 2.05) is 12.5 Å². The summed E-state index contributed by atoms with van der Waals surface area (Å²) in [7, 11) is 0. The monoisotopic (exact) mass is 353 g/mol. The van der Waals surface area contributed by atoms with Crippen LogP contribution in [0.25, 0.3) is 0 Å². The van der Waals surface area contributed by atoms with Crippen LogP contribution < -0.4 is 10.6 Å². The molecule has 0 aliphatic carbocycles. The smallest absolute Gasteiger partial charge is 0.191 e. The van der Waals surface area contributed by atoms with Crippen molar-refractivity contribution in [3.05, 3.63) is 76.5 Å². The zero-order valence-electron chi connectivity index (χ0n) is 14.4. The molecular formula is C19H23N5S. The lowest BCUT2D eigenvalue weighted by atomic mass is 10.1. The van der Waals surface area contributed by atoms with Gasteiger partial charge in [0.2, 0.25) is 0 Å². The van der Waals surface area contributed by atoms with Crippen molar-refractivity contribution in [3.8, 4) is 0 Å². The van der Waals surface area contributed by atoms with Gasteiger partial charge in [0, 0.05) is 32.0 Å². The molecule has 0 spiro atoms. The number of thiophene rings is 1. The molecule has 2 N–H and O–H groups in total. The highest BCUT2D eigenvalue weighted by atomic mass is 32.1. The Labute approximate surface area is 152 Å². The third-order valence-corrected chi connectivity index (χ3v) is 4.45. The lowest BCUT2D eigenvalue weighted by molar-refractivity contribution is 0.788. The van der Waals surface area contributed by atoms with Crippen molar-refractivity contribution in [2.75, 3.05) is 6.54 Å². The topological polar surface area (TPSA) is 54.2 Å². The van der Waals surface area contributed by atoms with Crippen LogP contribution in [0.2, 0.25) is 0 Å². The van der Waals surface area contributed by atoms with Gasteiger partial charge in [-0.3, -0.25) is 0 Å². The Morgan fingerprint density at radius 3 is 2.88 bits per heavy atom. The Kier molecular flexibility index (Phi) is 6.23. The number of hydrogen-bond acceptors (Lipinski definition) is 3. The largest absolute Gasteiger partial charge is 0.357 e. The van der Waals surface area contributed by atoms with Crippen molar-refractivity contribution in [1.82, 2.24) is 20.2 Å². The maximum atomic E-state index is 4.64. The molecular weight excluding hydrogens is 330 g/mol. The summed E-state index contributed by atoms with van der Waals surface area (Å²) in [6.07, 6.45) is 5.62. The lowest BCUT2D eigenvalue weighted by Gasteiger charge is -2.12.